The third kappa shape index (κ3) is 6.66. The molecule has 1 aliphatic rings. The highest BCUT2D eigenvalue weighted by Crippen LogP contribution is 2.44. The highest BCUT2D eigenvalue weighted by molar-refractivity contribution is 6.01. The van der Waals surface area contributed by atoms with Crippen LogP contribution in [-0.4, -0.2) is 54.9 Å². The van der Waals surface area contributed by atoms with Crippen LogP contribution in [0.25, 0.3) is 0 Å². The zero-order chi connectivity index (χ0) is 27.8. The predicted molar refractivity (Wildman–Crippen MR) is 151 cm³/mol. The number of benzene rings is 3. The summed E-state index contributed by atoms with van der Waals surface area (Å²) < 4.78 is 19.0. The van der Waals surface area contributed by atoms with Gasteiger partial charge in [0.25, 0.3) is 5.91 Å². The number of nitrogens with zero attached hydrogens (tertiary/aromatic N) is 2. The second-order valence-electron chi connectivity index (χ2n) is 9.92. The third-order valence-corrected chi connectivity index (χ3v) is 7.45. The van der Waals surface area contributed by atoms with Crippen molar-refractivity contribution in [1.29, 1.82) is 0 Å². The molecular formula is C32H38FN3O3. The second-order valence-corrected chi connectivity index (χ2v) is 9.92. The standard InChI is InChI=1S/C32H38FN3O3/c1-4-6-20-35(5-2)21-19-34-31(37)29-27-9-7-8-10-28(27)32(38)36(22-23-11-15-25(33)16-12-23)30(29)24-13-17-26(39-3)18-14-24/h7-18,29-30H,4-6,19-22H2,1-3H3,(H,34,37)/t29-,30+/m1/s1. The average Bonchev–Trinajstić information content (AvgIpc) is 2.97. The van der Waals surface area contributed by atoms with Gasteiger partial charge in [-0.05, 0) is 66.5 Å². The van der Waals surface area contributed by atoms with Crippen molar-refractivity contribution in [2.75, 3.05) is 33.3 Å². The summed E-state index contributed by atoms with van der Waals surface area (Å²) in [5, 5.41) is 3.17. The molecule has 4 rings (SSSR count). The van der Waals surface area contributed by atoms with Gasteiger partial charge in [-0.3, -0.25) is 9.59 Å². The Balaban J connectivity index is 1.70. The van der Waals surface area contributed by atoms with Crippen LogP contribution in [0.4, 0.5) is 4.39 Å². The summed E-state index contributed by atoms with van der Waals surface area (Å²) in [4.78, 5) is 31.9. The maximum Gasteiger partial charge on any atom is 0.255 e. The Morgan fingerprint density at radius 1 is 1.00 bits per heavy atom. The molecule has 7 heteroatoms. The fraction of sp³-hybridized carbons (Fsp3) is 0.375. The number of amides is 2. The fourth-order valence-corrected chi connectivity index (χ4v) is 5.27. The Morgan fingerprint density at radius 3 is 2.38 bits per heavy atom. The molecule has 0 aromatic heterocycles. The number of halogens is 1. The van der Waals surface area contributed by atoms with Gasteiger partial charge in [0.15, 0.2) is 0 Å². The molecule has 39 heavy (non-hydrogen) atoms. The summed E-state index contributed by atoms with van der Waals surface area (Å²) in [5.74, 6) is -0.529. The number of fused-ring (bicyclic) bond motifs is 1. The minimum absolute atomic E-state index is 0.119. The topological polar surface area (TPSA) is 61.9 Å². The number of methoxy groups -OCH3 is 1. The molecule has 3 aromatic rings. The lowest BCUT2D eigenvalue weighted by Crippen LogP contribution is -2.48. The Morgan fingerprint density at radius 2 is 1.72 bits per heavy atom. The Labute approximate surface area is 230 Å². The van der Waals surface area contributed by atoms with Crippen molar-refractivity contribution < 1.29 is 18.7 Å². The van der Waals surface area contributed by atoms with E-state index in [1.807, 2.05) is 42.5 Å². The summed E-state index contributed by atoms with van der Waals surface area (Å²) in [6.45, 7) is 7.77. The van der Waals surface area contributed by atoms with Gasteiger partial charge < -0.3 is 19.9 Å². The minimum Gasteiger partial charge on any atom is -0.497 e. The lowest BCUT2D eigenvalue weighted by Gasteiger charge is -2.42. The molecule has 0 unspecified atom stereocenters. The van der Waals surface area contributed by atoms with Crippen molar-refractivity contribution in [3.63, 3.8) is 0 Å². The van der Waals surface area contributed by atoms with Crippen molar-refractivity contribution in [3.05, 3.63) is 101 Å². The number of ether oxygens (including phenoxy) is 1. The Hall–Kier alpha value is -3.71. The molecule has 0 saturated heterocycles. The van der Waals surface area contributed by atoms with Gasteiger partial charge in [-0.2, -0.15) is 0 Å². The zero-order valence-electron chi connectivity index (χ0n) is 23.0. The molecule has 3 aromatic carbocycles. The summed E-state index contributed by atoms with van der Waals surface area (Å²) >= 11 is 0. The van der Waals surface area contributed by atoms with Crippen LogP contribution >= 0.6 is 0 Å². The number of carbonyl (C=O) groups excluding carboxylic acids is 2. The summed E-state index contributed by atoms with van der Waals surface area (Å²) in [6, 6.07) is 20.5. The molecule has 0 fully saturated rings. The van der Waals surface area contributed by atoms with Crippen molar-refractivity contribution in [3.8, 4) is 5.75 Å². The van der Waals surface area contributed by atoms with Gasteiger partial charge >= 0.3 is 0 Å². The molecule has 0 spiro atoms. The SMILES string of the molecule is CCCCN(CC)CCNC(=O)[C@@H]1c2ccccc2C(=O)N(Cc2ccc(F)cc2)[C@H]1c1ccc(OC)cc1. The number of carbonyl (C=O) groups is 2. The van der Waals surface area contributed by atoms with Crippen LogP contribution in [0.15, 0.2) is 72.8 Å². The molecule has 1 aliphatic heterocycles. The average molecular weight is 532 g/mol. The van der Waals surface area contributed by atoms with Crippen LogP contribution in [-0.2, 0) is 11.3 Å². The molecule has 2 atom stereocenters. The van der Waals surface area contributed by atoms with Crippen LogP contribution < -0.4 is 10.1 Å². The first-order valence-corrected chi connectivity index (χ1v) is 13.7. The maximum absolute atomic E-state index is 14.0. The third-order valence-electron chi connectivity index (χ3n) is 7.45. The smallest absolute Gasteiger partial charge is 0.255 e. The molecule has 0 aliphatic carbocycles. The van der Waals surface area contributed by atoms with Crippen LogP contribution in [0, 0.1) is 5.82 Å². The lowest BCUT2D eigenvalue weighted by molar-refractivity contribution is -0.124. The van der Waals surface area contributed by atoms with Crippen LogP contribution in [0.5, 0.6) is 5.75 Å². The first-order valence-electron chi connectivity index (χ1n) is 13.7. The van der Waals surface area contributed by atoms with E-state index in [1.54, 1.807) is 30.2 Å². The quantitative estimate of drug-likeness (QED) is 0.333. The van der Waals surface area contributed by atoms with E-state index in [-0.39, 0.29) is 24.2 Å². The van der Waals surface area contributed by atoms with Crippen LogP contribution in [0.1, 0.15) is 65.7 Å². The number of unbranched alkanes of at least 4 members (excludes halogenated alkanes) is 1. The number of nitrogens with one attached hydrogen (secondary N) is 1. The summed E-state index contributed by atoms with van der Waals surface area (Å²) in [7, 11) is 1.60. The van der Waals surface area contributed by atoms with E-state index in [9.17, 15) is 14.0 Å². The van der Waals surface area contributed by atoms with E-state index in [2.05, 4.69) is 24.1 Å². The molecule has 1 N–H and O–H groups in total. The van der Waals surface area contributed by atoms with E-state index < -0.39 is 12.0 Å². The highest BCUT2D eigenvalue weighted by atomic mass is 19.1. The monoisotopic (exact) mass is 531 g/mol. The number of likely N-dealkylation sites (N-methyl/N-ethyl adjacent to an activating group) is 1. The van der Waals surface area contributed by atoms with E-state index in [1.165, 1.54) is 12.1 Å². The molecule has 0 saturated carbocycles. The predicted octanol–water partition coefficient (Wildman–Crippen LogP) is 5.55. The van der Waals surface area contributed by atoms with E-state index in [4.69, 9.17) is 4.74 Å². The Kier molecular flexibility index (Phi) is 9.71. The first kappa shape index (κ1) is 28.3. The minimum atomic E-state index is -0.613. The highest BCUT2D eigenvalue weighted by Gasteiger charge is 2.44. The van der Waals surface area contributed by atoms with E-state index in [0.29, 0.717) is 17.9 Å². The van der Waals surface area contributed by atoms with Crippen molar-refractivity contribution in [1.82, 2.24) is 15.1 Å². The van der Waals surface area contributed by atoms with E-state index in [0.717, 1.165) is 49.2 Å². The first-order chi connectivity index (χ1) is 19.0. The summed E-state index contributed by atoms with van der Waals surface area (Å²) in [6.07, 6.45) is 2.25. The zero-order valence-corrected chi connectivity index (χ0v) is 23.0. The number of hydrogen-bond acceptors (Lipinski definition) is 4. The van der Waals surface area contributed by atoms with Crippen LogP contribution in [0.2, 0.25) is 0 Å². The van der Waals surface area contributed by atoms with Gasteiger partial charge in [-0.15, -0.1) is 0 Å². The lowest BCUT2D eigenvalue weighted by atomic mass is 9.79. The van der Waals surface area contributed by atoms with Gasteiger partial charge in [-0.1, -0.05) is 62.7 Å². The van der Waals surface area contributed by atoms with Crippen molar-refractivity contribution >= 4 is 11.8 Å². The molecule has 1 heterocycles. The summed E-state index contributed by atoms with van der Waals surface area (Å²) in [5.41, 5.74) is 2.85. The van der Waals surface area contributed by atoms with Gasteiger partial charge in [0.1, 0.15) is 11.6 Å². The van der Waals surface area contributed by atoms with Gasteiger partial charge in [0, 0.05) is 25.2 Å². The largest absolute Gasteiger partial charge is 0.497 e. The Bertz CT molecular complexity index is 1250. The van der Waals surface area contributed by atoms with Crippen molar-refractivity contribution in [2.24, 2.45) is 0 Å². The molecule has 2 amide bonds. The number of rotatable bonds is 12. The van der Waals surface area contributed by atoms with Gasteiger partial charge in [-0.25, -0.2) is 4.39 Å². The normalized spacial score (nSPS) is 16.7. The molecule has 6 nitrogen and oxygen atoms in total. The maximum atomic E-state index is 14.0. The van der Waals surface area contributed by atoms with E-state index >= 15 is 0 Å². The van der Waals surface area contributed by atoms with Gasteiger partial charge in [0.05, 0.1) is 19.1 Å². The number of hydrogen-bond donors (Lipinski definition) is 1. The molecule has 206 valence electrons. The second kappa shape index (κ2) is 13.4. The van der Waals surface area contributed by atoms with Crippen molar-refractivity contribution in [2.45, 2.75) is 45.2 Å². The molecule has 0 radical (unpaired) electrons. The fourth-order valence-electron chi connectivity index (χ4n) is 5.27. The molecular weight excluding hydrogens is 493 g/mol. The molecule has 0 bridgehead atoms. The van der Waals surface area contributed by atoms with Crippen LogP contribution in [0.3, 0.4) is 0 Å². The van der Waals surface area contributed by atoms with Gasteiger partial charge in [0.2, 0.25) is 5.91 Å².